The third kappa shape index (κ3) is 4.26. The first-order valence-corrected chi connectivity index (χ1v) is 9.31. The number of carbonyl (C=O) groups excluding carboxylic acids is 1. The van der Waals surface area contributed by atoms with Crippen LogP contribution in [0.15, 0.2) is 14.7 Å². The molecule has 21 heavy (non-hydrogen) atoms. The minimum Gasteiger partial charge on any atom is -0.465 e. The van der Waals surface area contributed by atoms with Gasteiger partial charge in [-0.05, 0) is 42.3 Å². The summed E-state index contributed by atoms with van der Waals surface area (Å²) in [6.07, 6.45) is 0.350. The molecule has 0 aromatic carbocycles. The summed E-state index contributed by atoms with van der Waals surface area (Å²) >= 11 is 4.21. The molecule has 0 radical (unpaired) electrons. The molecule has 0 unspecified atom stereocenters. The summed E-state index contributed by atoms with van der Waals surface area (Å²) in [4.78, 5) is 11.8. The van der Waals surface area contributed by atoms with Gasteiger partial charge in [-0.25, -0.2) is 13.2 Å². The second-order valence-corrected chi connectivity index (χ2v) is 8.76. The first-order valence-electron chi connectivity index (χ1n) is 6.26. The van der Waals surface area contributed by atoms with Gasteiger partial charge in [0.2, 0.25) is 10.0 Å². The Morgan fingerprint density at radius 3 is 2.62 bits per heavy atom. The summed E-state index contributed by atoms with van der Waals surface area (Å²) in [5.41, 5.74) is 0. The zero-order valence-corrected chi connectivity index (χ0v) is 15.2. The Kier molecular flexibility index (Phi) is 6.79. The monoisotopic (exact) mass is 399 g/mol. The minimum absolute atomic E-state index is 0.0412. The zero-order valence-electron chi connectivity index (χ0n) is 12.0. The first kappa shape index (κ1) is 18.6. The van der Waals surface area contributed by atoms with E-state index in [1.165, 1.54) is 17.5 Å². The van der Waals surface area contributed by atoms with E-state index in [1.807, 2.05) is 0 Å². The van der Waals surface area contributed by atoms with Crippen molar-refractivity contribution in [3.8, 4) is 0 Å². The first-order chi connectivity index (χ1) is 9.75. The van der Waals surface area contributed by atoms with Crippen molar-refractivity contribution in [2.75, 3.05) is 20.3 Å². The molecule has 9 heteroatoms. The molecular weight excluding hydrogens is 382 g/mol. The van der Waals surface area contributed by atoms with E-state index < -0.39 is 16.0 Å². The third-order valence-corrected chi connectivity index (χ3v) is 7.05. The number of hydrogen-bond donors (Lipinski definition) is 1. The van der Waals surface area contributed by atoms with Gasteiger partial charge in [-0.3, -0.25) is 0 Å². The van der Waals surface area contributed by atoms with Gasteiger partial charge in [0, 0.05) is 19.2 Å². The van der Waals surface area contributed by atoms with Crippen LogP contribution in [0.1, 0.15) is 29.9 Å². The lowest BCUT2D eigenvalue weighted by Gasteiger charge is -2.25. The molecule has 120 valence electrons. The van der Waals surface area contributed by atoms with E-state index in [9.17, 15) is 13.2 Å². The number of sulfonamides is 1. The number of hydrogen-bond acceptors (Lipinski definition) is 6. The summed E-state index contributed by atoms with van der Waals surface area (Å²) in [6, 6.07) is 1.06. The molecule has 0 atom stereocenters. The van der Waals surface area contributed by atoms with Crippen LogP contribution in [-0.4, -0.2) is 50.1 Å². The summed E-state index contributed by atoms with van der Waals surface area (Å²) in [5, 5.41) is 8.91. The van der Waals surface area contributed by atoms with Crippen molar-refractivity contribution in [2.45, 2.75) is 31.2 Å². The molecule has 0 fully saturated rings. The molecule has 0 amide bonds. The lowest BCUT2D eigenvalue weighted by molar-refractivity contribution is 0.0606. The standard InChI is InChI=1S/C12H18BrNO5S2/c1-8(2)14(5-4-6-15)21(17,18)10-7-9(12(16)19-3)20-11(10)13/h7-8,15H,4-6H2,1-3H3. The highest BCUT2D eigenvalue weighted by atomic mass is 79.9. The van der Waals surface area contributed by atoms with E-state index in [4.69, 9.17) is 5.11 Å². The molecule has 0 spiro atoms. The Morgan fingerprint density at radius 1 is 1.52 bits per heavy atom. The van der Waals surface area contributed by atoms with Crippen LogP contribution >= 0.6 is 27.3 Å². The maximum absolute atomic E-state index is 12.7. The molecule has 1 N–H and O–H groups in total. The van der Waals surface area contributed by atoms with Gasteiger partial charge >= 0.3 is 5.97 Å². The topological polar surface area (TPSA) is 83.9 Å². The van der Waals surface area contributed by atoms with Crippen LogP contribution in [0.3, 0.4) is 0 Å². The Hall–Kier alpha value is -0.480. The number of carbonyl (C=O) groups is 1. The molecule has 0 saturated heterocycles. The fourth-order valence-electron chi connectivity index (χ4n) is 1.74. The molecule has 1 rings (SSSR count). The molecule has 0 aliphatic rings. The summed E-state index contributed by atoms with van der Waals surface area (Å²) in [7, 11) is -2.50. The number of ether oxygens (including phenoxy) is 1. The van der Waals surface area contributed by atoms with Crippen LogP contribution in [0.25, 0.3) is 0 Å². The second-order valence-electron chi connectivity index (χ2n) is 4.53. The smallest absolute Gasteiger partial charge is 0.348 e. The Morgan fingerprint density at radius 2 is 2.14 bits per heavy atom. The lowest BCUT2D eigenvalue weighted by atomic mass is 10.3. The Labute approximate surface area is 136 Å². The van der Waals surface area contributed by atoms with E-state index in [-0.39, 0.29) is 29.0 Å². The summed E-state index contributed by atoms with van der Waals surface area (Å²) in [5.74, 6) is -0.575. The van der Waals surface area contributed by atoms with Crippen molar-refractivity contribution in [1.82, 2.24) is 4.31 Å². The predicted octanol–water partition coefficient (Wildman–Crippen LogP) is 2.08. The zero-order chi connectivity index (χ0) is 16.2. The lowest BCUT2D eigenvalue weighted by Crippen LogP contribution is -2.38. The molecule has 6 nitrogen and oxygen atoms in total. The molecular formula is C12H18BrNO5S2. The van der Waals surface area contributed by atoms with Gasteiger partial charge in [-0.1, -0.05) is 0 Å². The average molecular weight is 400 g/mol. The van der Waals surface area contributed by atoms with Gasteiger partial charge < -0.3 is 9.84 Å². The van der Waals surface area contributed by atoms with Gasteiger partial charge in [-0.15, -0.1) is 11.3 Å². The van der Waals surface area contributed by atoms with E-state index in [1.54, 1.807) is 13.8 Å². The highest BCUT2D eigenvalue weighted by Crippen LogP contribution is 2.34. The van der Waals surface area contributed by atoms with E-state index in [0.717, 1.165) is 11.3 Å². The molecule has 0 bridgehead atoms. The Balaban J connectivity index is 3.22. The van der Waals surface area contributed by atoms with Gasteiger partial charge in [0.15, 0.2) is 0 Å². The van der Waals surface area contributed by atoms with Crippen molar-refractivity contribution >= 4 is 43.3 Å². The van der Waals surface area contributed by atoms with Gasteiger partial charge in [0.05, 0.1) is 10.9 Å². The summed E-state index contributed by atoms with van der Waals surface area (Å²) in [6.45, 7) is 3.65. The van der Waals surface area contributed by atoms with Crippen LogP contribution in [0.5, 0.6) is 0 Å². The predicted molar refractivity (Wildman–Crippen MR) is 84.1 cm³/mol. The number of esters is 1. The number of rotatable bonds is 7. The molecule has 1 heterocycles. The van der Waals surface area contributed by atoms with E-state index in [0.29, 0.717) is 10.2 Å². The number of aliphatic hydroxyl groups excluding tert-OH is 1. The second kappa shape index (κ2) is 7.68. The minimum atomic E-state index is -3.75. The number of aliphatic hydroxyl groups is 1. The highest BCUT2D eigenvalue weighted by molar-refractivity contribution is 9.11. The molecule has 1 aromatic rings. The fraction of sp³-hybridized carbons (Fsp3) is 0.583. The fourth-order valence-corrected chi connectivity index (χ4v) is 5.85. The number of methoxy groups -OCH3 is 1. The molecule has 0 saturated carbocycles. The van der Waals surface area contributed by atoms with Crippen molar-refractivity contribution in [2.24, 2.45) is 0 Å². The van der Waals surface area contributed by atoms with Crippen LogP contribution in [0.2, 0.25) is 0 Å². The quantitative estimate of drug-likeness (QED) is 0.709. The normalized spacial score (nSPS) is 12.1. The number of halogens is 1. The maximum Gasteiger partial charge on any atom is 0.348 e. The largest absolute Gasteiger partial charge is 0.465 e. The van der Waals surface area contributed by atoms with Crippen LogP contribution < -0.4 is 0 Å². The van der Waals surface area contributed by atoms with Crippen LogP contribution in [-0.2, 0) is 14.8 Å². The molecule has 0 aliphatic carbocycles. The Bertz CT molecular complexity index is 597. The number of thiophene rings is 1. The average Bonchev–Trinajstić information content (AvgIpc) is 2.80. The van der Waals surface area contributed by atoms with Gasteiger partial charge in [0.1, 0.15) is 9.77 Å². The maximum atomic E-state index is 12.7. The highest BCUT2D eigenvalue weighted by Gasteiger charge is 2.31. The van der Waals surface area contributed by atoms with Crippen molar-refractivity contribution in [1.29, 1.82) is 0 Å². The van der Waals surface area contributed by atoms with Gasteiger partial charge in [-0.2, -0.15) is 4.31 Å². The van der Waals surface area contributed by atoms with E-state index >= 15 is 0 Å². The molecule has 0 aliphatic heterocycles. The van der Waals surface area contributed by atoms with Crippen LogP contribution in [0, 0.1) is 0 Å². The third-order valence-electron chi connectivity index (χ3n) is 2.74. The molecule has 1 aromatic heterocycles. The van der Waals surface area contributed by atoms with E-state index in [2.05, 4.69) is 20.7 Å². The summed E-state index contributed by atoms with van der Waals surface area (Å²) < 4.78 is 31.6. The SMILES string of the molecule is COC(=O)c1cc(S(=O)(=O)N(CCCO)C(C)C)c(Br)s1. The van der Waals surface area contributed by atoms with Crippen molar-refractivity contribution < 1.29 is 23.1 Å². The van der Waals surface area contributed by atoms with Crippen LogP contribution in [0.4, 0.5) is 0 Å². The van der Waals surface area contributed by atoms with Gasteiger partial charge in [0.25, 0.3) is 0 Å². The van der Waals surface area contributed by atoms with Crippen molar-refractivity contribution in [3.05, 3.63) is 14.7 Å². The van der Waals surface area contributed by atoms with Crippen molar-refractivity contribution in [3.63, 3.8) is 0 Å². The number of nitrogens with zero attached hydrogens (tertiary/aromatic N) is 1.